The first-order valence-electron chi connectivity index (χ1n) is 7.20. The molecule has 1 N–H and O–H groups in total. The normalized spacial score (nSPS) is 19.5. The number of hydrogen-bond donors (Lipinski definition) is 1. The number of carbonyl (C=O) groups excluding carboxylic acids is 1. The Morgan fingerprint density at radius 3 is 2.71 bits per heavy atom. The van der Waals surface area contributed by atoms with Crippen LogP contribution < -0.4 is 4.72 Å². The van der Waals surface area contributed by atoms with Crippen molar-refractivity contribution >= 4 is 15.9 Å². The lowest BCUT2D eigenvalue weighted by Gasteiger charge is -2.36. The SMILES string of the molecule is Cc1ccccc1C(=O)N1CCCCC1CNS(C)(=O)=O. The van der Waals surface area contributed by atoms with E-state index in [1.165, 1.54) is 0 Å². The summed E-state index contributed by atoms with van der Waals surface area (Å²) in [6.45, 7) is 2.89. The van der Waals surface area contributed by atoms with Gasteiger partial charge in [-0.25, -0.2) is 13.1 Å². The predicted molar refractivity (Wildman–Crippen MR) is 82.7 cm³/mol. The Kier molecular flexibility index (Phi) is 5.00. The fourth-order valence-electron chi connectivity index (χ4n) is 2.70. The van der Waals surface area contributed by atoms with Crippen molar-refractivity contribution < 1.29 is 13.2 Å². The monoisotopic (exact) mass is 310 g/mol. The van der Waals surface area contributed by atoms with Crippen LogP contribution in [-0.4, -0.2) is 44.6 Å². The summed E-state index contributed by atoms with van der Waals surface area (Å²) in [6, 6.07) is 7.44. The minimum absolute atomic E-state index is 0.00639. The highest BCUT2D eigenvalue weighted by Crippen LogP contribution is 2.20. The Morgan fingerprint density at radius 2 is 2.05 bits per heavy atom. The van der Waals surface area contributed by atoms with Crippen molar-refractivity contribution in [3.8, 4) is 0 Å². The minimum atomic E-state index is -3.23. The van der Waals surface area contributed by atoms with Crippen molar-refractivity contribution in [3.63, 3.8) is 0 Å². The molecule has 0 aliphatic carbocycles. The zero-order valence-corrected chi connectivity index (χ0v) is 13.3. The van der Waals surface area contributed by atoms with Gasteiger partial charge in [0, 0.05) is 24.7 Å². The third-order valence-corrected chi connectivity index (χ3v) is 4.54. The maximum atomic E-state index is 12.7. The Hall–Kier alpha value is -1.40. The lowest BCUT2D eigenvalue weighted by atomic mass is 9.99. The maximum Gasteiger partial charge on any atom is 0.254 e. The van der Waals surface area contributed by atoms with E-state index in [-0.39, 0.29) is 18.5 Å². The number of rotatable bonds is 4. The summed E-state index contributed by atoms with van der Waals surface area (Å²) in [4.78, 5) is 14.5. The zero-order valence-electron chi connectivity index (χ0n) is 12.5. The van der Waals surface area contributed by atoms with Gasteiger partial charge in [-0.3, -0.25) is 4.79 Å². The molecule has 1 aromatic rings. The first-order valence-corrected chi connectivity index (χ1v) is 9.09. The Morgan fingerprint density at radius 1 is 1.33 bits per heavy atom. The van der Waals surface area contributed by atoms with Crippen LogP contribution in [0.1, 0.15) is 35.2 Å². The third-order valence-electron chi connectivity index (χ3n) is 3.84. The molecular weight excluding hydrogens is 288 g/mol. The smallest absolute Gasteiger partial charge is 0.254 e. The molecule has 1 unspecified atom stereocenters. The molecular formula is C15H22N2O3S. The first kappa shape index (κ1) is 16.0. The van der Waals surface area contributed by atoms with Gasteiger partial charge in [-0.05, 0) is 37.8 Å². The topological polar surface area (TPSA) is 66.5 Å². The van der Waals surface area contributed by atoms with Crippen molar-refractivity contribution in [3.05, 3.63) is 35.4 Å². The number of sulfonamides is 1. The summed E-state index contributed by atoms with van der Waals surface area (Å²) in [5.41, 5.74) is 1.65. The van der Waals surface area contributed by atoms with Crippen molar-refractivity contribution in [2.75, 3.05) is 19.3 Å². The van der Waals surface area contributed by atoms with Crippen LogP contribution in [0.4, 0.5) is 0 Å². The number of aryl methyl sites for hydroxylation is 1. The highest BCUT2D eigenvalue weighted by atomic mass is 32.2. The largest absolute Gasteiger partial charge is 0.334 e. The van der Waals surface area contributed by atoms with Gasteiger partial charge in [0.05, 0.1) is 6.26 Å². The Bertz CT molecular complexity index is 613. The van der Waals surface area contributed by atoms with Gasteiger partial charge in [-0.15, -0.1) is 0 Å². The van der Waals surface area contributed by atoms with Crippen LogP contribution >= 0.6 is 0 Å². The lowest BCUT2D eigenvalue weighted by molar-refractivity contribution is 0.0618. The molecule has 0 radical (unpaired) electrons. The van der Waals surface area contributed by atoms with Crippen molar-refractivity contribution in [1.82, 2.24) is 9.62 Å². The van der Waals surface area contributed by atoms with Crippen LogP contribution in [0.15, 0.2) is 24.3 Å². The van der Waals surface area contributed by atoms with Crippen LogP contribution in [0, 0.1) is 6.92 Å². The molecule has 1 fully saturated rings. The fourth-order valence-corrected chi connectivity index (χ4v) is 3.19. The van der Waals surface area contributed by atoms with Crippen LogP contribution in [0.5, 0.6) is 0 Å². The number of nitrogens with zero attached hydrogens (tertiary/aromatic N) is 1. The predicted octanol–water partition coefficient (Wildman–Crippen LogP) is 1.54. The van der Waals surface area contributed by atoms with Gasteiger partial charge >= 0.3 is 0 Å². The summed E-state index contributed by atoms with van der Waals surface area (Å²) >= 11 is 0. The second-order valence-electron chi connectivity index (χ2n) is 5.58. The van der Waals surface area contributed by atoms with Crippen LogP contribution in [0.25, 0.3) is 0 Å². The quantitative estimate of drug-likeness (QED) is 0.917. The van der Waals surface area contributed by atoms with E-state index in [1.807, 2.05) is 36.1 Å². The number of hydrogen-bond acceptors (Lipinski definition) is 3. The highest BCUT2D eigenvalue weighted by Gasteiger charge is 2.28. The van der Waals surface area contributed by atoms with E-state index in [0.717, 1.165) is 31.1 Å². The molecule has 1 aliphatic heterocycles. The number of nitrogens with one attached hydrogen (secondary N) is 1. The molecule has 0 aromatic heterocycles. The molecule has 1 atom stereocenters. The molecule has 1 aliphatic rings. The van der Waals surface area contributed by atoms with Crippen LogP contribution in [-0.2, 0) is 10.0 Å². The number of amides is 1. The molecule has 0 spiro atoms. The molecule has 0 saturated carbocycles. The second-order valence-corrected chi connectivity index (χ2v) is 7.42. The molecule has 1 aromatic carbocycles. The van der Waals surface area contributed by atoms with E-state index in [0.29, 0.717) is 12.1 Å². The minimum Gasteiger partial charge on any atom is -0.334 e. The van der Waals surface area contributed by atoms with E-state index < -0.39 is 10.0 Å². The number of likely N-dealkylation sites (tertiary alicyclic amines) is 1. The standard InChI is InChI=1S/C15H22N2O3S/c1-12-7-3-4-9-14(12)15(18)17-10-6-5-8-13(17)11-16-21(2,19)20/h3-4,7,9,13,16H,5-6,8,10-11H2,1-2H3. The third kappa shape index (κ3) is 4.28. The van der Waals surface area contributed by atoms with E-state index in [1.54, 1.807) is 0 Å². The molecule has 1 saturated heterocycles. The Labute approximate surface area is 126 Å². The zero-order chi connectivity index (χ0) is 15.5. The molecule has 1 heterocycles. The molecule has 116 valence electrons. The van der Waals surface area contributed by atoms with Gasteiger partial charge in [0.25, 0.3) is 5.91 Å². The summed E-state index contributed by atoms with van der Waals surface area (Å²) in [5, 5.41) is 0. The summed E-state index contributed by atoms with van der Waals surface area (Å²) in [7, 11) is -3.23. The molecule has 0 bridgehead atoms. The van der Waals surface area contributed by atoms with Crippen LogP contribution in [0.2, 0.25) is 0 Å². The van der Waals surface area contributed by atoms with E-state index in [4.69, 9.17) is 0 Å². The summed E-state index contributed by atoms with van der Waals surface area (Å²) in [5.74, 6) is -0.00639. The van der Waals surface area contributed by atoms with Gasteiger partial charge in [0.1, 0.15) is 0 Å². The van der Waals surface area contributed by atoms with Crippen LogP contribution in [0.3, 0.4) is 0 Å². The molecule has 5 nitrogen and oxygen atoms in total. The van der Waals surface area contributed by atoms with Gasteiger partial charge in [0.15, 0.2) is 0 Å². The lowest BCUT2D eigenvalue weighted by Crippen LogP contribution is -2.49. The van der Waals surface area contributed by atoms with Crippen molar-refractivity contribution in [2.24, 2.45) is 0 Å². The number of piperidine rings is 1. The van der Waals surface area contributed by atoms with Crippen molar-refractivity contribution in [2.45, 2.75) is 32.2 Å². The maximum absolute atomic E-state index is 12.7. The van der Waals surface area contributed by atoms with Crippen molar-refractivity contribution in [1.29, 1.82) is 0 Å². The fraction of sp³-hybridized carbons (Fsp3) is 0.533. The van der Waals surface area contributed by atoms with Gasteiger partial charge in [-0.1, -0.05) is 18.2 Å². The van der Waals surface area contributed by atoms with E-state index in [2.05, 4.69) is 4.72 Å². The highest BCUT2D eigenvalue weighted by molar-refractivity contribution is 7.88. The second kappa shape index (κ2) is 6.58. The Balaban J connectivity index is 2.15. The molecule has 21 heavy (non-hydrogen) atoms. The molecule has 6 heteroatoms. The number of carbonyl (C=O) groups is 1. The van der Waals surface area contributed by atoms with Gasteiger partial charge < -0.3 is 4.90 Å². The average molecular weight is 310 g/mol. The molecule has 1 amide bonds. The van der Waals surface area contributed by atoms with E-state index >= 15 is 0 Å². The number of benzene rings is 1. The molecule has 2 rings (SSSR count). The average Bonchev–Trinajstić information content (AvgIpc) is 2.44. The van der Waals surface area contributed by atoms with Gasteiger partial charge in [0.2, 0.25) is 10.0 Å². The van der Waals surface area contributed by atoms with E-state index in [9.17, 15) is 13.2 Å². The summed E-state index contributed by atoms with van der Waals surface area (Å²) in [6.07, 6.45) is 3.96. The first-order chi connectivity index (χ1) is 9.88. The van der Waals surface area contributed by atoms with Gasteiger partial charge in [-0.2, -0.15) is 0 Å². The summed E-state index contributed by atoms with van der Waals surface area (Å²) < 4.78 is 25.0.